The zero-order chi connectivity index (χ0) is 25.9. The second kappa shape index (κ2) is 10.3. The van der Waals surface area contributed by atoms with E-state index >= 15 is 0 Å². The molecule has 1 N–H and O–H groups in total. The summed E-state index contributed by atoms with van der Waals surface area (Å²) in [4.78, 5) is 53.6. The van der Waals surface area contributed by atoms with Crippen molar-refractivity contribution < 1.29 is 27.6 Å². The Balaban J connectivity index is 1.96. The Hall–Kier alpha value is -3.63. The molecule has 2 heterocycles. The fraction of sp³-hybridized carbons (Fsp3) is 0.417. The number of aromatic nitrogens is 1. The molecule has 1 saturated heterocycles. The number of hydrogen-bond donors (Lipinski definition) is 1. The summed E-state index contributed by atoms with van der Waals surface area (Å²) in [6.45, 7) is 2.75. The number of likely N-dealkylation sites (tertiary alicyclic amines) is 1. The highest BCUT2D eigenvalue weighted by molar-refractivity contribution is 6.00. The smallest absolute Gasteiger partial charge is 0.352 e. The maximum absolute atomic E-state index is 13.3. The minimum atomic E-state index is -4.64. The van der Waals surface area contributed by atoms with Gasteiger partial charge < -0.3 is 15.1 Å². The van der Waals surface area contributed by atoms with E-state index in [1.807, 2.05) is 0 Å². The summed E-state index contributed by atoms with van der Waals surface area (Å²) >= 11 is 0. The van der Waals surface area contributed by atoms with Crippen molar-refractivity contribution >= 4 is 17.7 Å². The van der Waals surface area contributed by atoms with Gasteiger partial charge in [-0.15, -0.1) is 0 Å². The molecule has 2 aromatic rings. The van der Waals surface area contributed by atoms with Crippen LogP contribution in [0.4, 0.5) is 13.2 Å². The topological polar surface area (TPSA) is 91.7 Å². The van der Waals surface area contributed by atoms with Gasteiger partial charge in [-0.25, -0.2) is 0 Å². The third-order valence-electron chi connectivity index (χ3n) is 5.82. The van der Waals surface area contributed by atoms with Gasteiger partial charge in [-0.05, 0) is 44.0 Å². The van der Waals surface area contributed by atoms with Crippen LogP contribution in [0.15, 0.2) is 35.1 Å². The predicted octanol–water partition coefficient (Wildman–Crippen LogP) is 2.61. The number of hydrogen-bond acceptors (Lipinski definition) is 4. The number of pyridine rings is 1. The van der Waals surface area contributed by atoms with Gasteiger partial charge in [0.25, 0.3) is 17.4 Å². The molecule has 1 aliphatic heterocycles. The normalized spacial score (nSPS) is 13.8. The Morgan fingerprint density at radius 1 is 1.11 bits per heavy atom. The lowest BCUT2D eigenvalue weighted by molar-refractivity contribution is -0.137. The monoisotopic (exact) mass is 492 g/mol. The summed E-state index contributed by atoms with van der Waals surface area (Å²) in [6.07, 6.45) is -2.87. The molecule has 0 atom stereocenters. The first kappa shape index (κ1) is 26.0. The van der Waals surface area contributed by atoms with Crippen LogP contribution in [0.25, 0.3) is 5.69 Å². The summed E-state index contributed by atoms with van der Waals surface area (Å²) in [5.74, 6) is -1.20. The van der Waals surface area contributed by atoms with Gasteiger partial charge in [0.2, 0.25) is 5.91 Å². The molecule has 1 aromatic heterocycles. The van der Waals surface area contributed by atoms with Gasteiger partial charge in [-0.1, -0.05) is 6.07 Å². The maximum atomic E-state index is 13.3. The molecule has 3 amide bonds. The highest BCUT2D eigenvalue weighted by Gasteiger charge is 2.31. The predicted molar refractivity (Wildman–Crippen MR) is 123 cm³/mol. The van der Waals surface area contributed by atoms with Crippen molar-refractivity contribution in [3.63, 3.8) is 0 Å². The SMILES string of the molecule is Cc1c(C(=O)N(C)C)cc(C(=O)NCCCN2CCCC2=O)c(=O)n1-c1cccc(C(F)(F)F)c1. The van der Waals surface area contributed by atoms with E-state index in [0.29, 0.717) is 25.9 Å². The van der Waals surface area contributed by atoms with E-state index in [1.54, 1.807) is 4.90 Å². The highest BCUT2D eigenvalue weighted by atomic mass is 19.4. The Morgan fingerprint density at radius 2 is 1.83 bits per heavy atom. The lowest BCUT2D eigenvalue weighted by Gasteiger charge is -2.19. The fourth-order valence-electron chi connectivity index (χ4n) is 3.96. The van der Waals surface area contributed by atoms with E-state index in [2.05, 4.69) is 5.32 Å². The quantitative estimate of drug-likeness (QED) is 0.602. The summed E-state index contributed by atoms with van der Waals surface area (Å²) in [7, 11) is 2.97. The Kier molecular flexibility index (Phi) is 7.67. The molecule has 188 valence electrons. The summed E-state index contributed by atoms with van der Waals surface area (Å²) in [5.41, 5.74) is -2.16. The zero-order valence-corrected chi connectivity index (χ0v) is 19.7. The number of benzene rings is 1. The highest BCUT2D eigenvalue weighted by Crippen LogP contribution is 2.30. The molecule has 1 aromatic carbocycles. The van der Waals surface area contributed by atoms with Gasteiger partial charge in [0.05, 0.1) is 11.1 Å². The zero-order valence-electron chi connectivity index (χ0n) is 19.7. The third kappa shape index (κ3) is 5.72. The molecule has 11 heteroatoms. The minimum absolute atomic E-state index is 0.0137. The van der Waals surface area contributed by atoms with Crippen LogP contribution in [-0.4, -0.2) is 65.8 Å². The van der Waals surface area contributed by atoms with Crippen LogP contribution < -0.4 is 10.9 Å². The van der Waals surface area contributed by atoms with Crippen molar-refractivity contribution in [2.75, 3.05) is 33.7 Å². The average molecular weight is 492 g/mol. The number of rotatable bonds is 7. The standard InChI is InChI=1S/C24H27F3N4O4/c1-15-18(22(34)29(2)3)14-19(21(33)28-10-6-12-30-11-5-9-20(30)32)23(35)31(15)17-8-4-7-16(13-17)24(25,26)27/h4,7-8,13-14H,5-6,9-12H2,1-3H3,(H,28,33). The van der Waals surface area contributed by atoms with Crippen molar-refractivity contribution in [1.29, 1.82) is 0 Å². The minimum Gasteiger partial charge on any atom is -0.352 e. The van der Waals surface area contributed by atoms with Crippen molar-refractivity contribution in [3.8, 4) is 5.69 Å². The van der Waals surface area contributed by atoms with Gasteiger partial charge in [-0.3, -0.25) is 23.7 Å². The summed E-state index contributed by atoms with van der Waals surface area (Å²) in [5, 5.41) is 2.61. The number of carbonyl (C=O) groups excluding carboxylic acids is 3. The van der Waals surface area contributed by atoms with Gasteiger partial charge in [0.15, 0.2) is 0 Å². The molecule has 35 heavy (non-hydrogen) atoms. The van der Waals surface area contributed by atoms with Crippen LogP contribution in [0, 0.1) is 6.92 Å². The van der Waals surface area contributed by atoms with Crippen molar-refractivity contribution in [2.45, 2.75) is 32.4 Å². The number of halogens is 3. The lowest BCUT2D eigenvalue weighted by Crippen LogP contribution is -2.37. The van der Waals surface area contributed by atoms with Gasteiger partial charge in [-0.2, -0.15) is 13.2 Å². The molecular weight excluding hydrogens is 465 g/mol. The molecule has 1 aliphatic rings. The van der Waals surface area contributed by atoms with Gasteiger partial charge in [0, 0.05) is 51.5 Å². The molecule has 0 bridgehead atoms. The Morgan fingerprint density at radius 3 is 2.43 bits per heavy atom. The largest absolute Gasteiger partial charge is 0.416 e. The average Bonchev–Trinajstić information content (AvgIpc) is 3.20. The number of amides is 3. The van der Waals surface area contributed by atoms with E-state index in [4.69, 9.17) is 0 Å². The van der Waals surface area contributed by atoms with Crippen LogP contribution >= 0.6 is 0 Å². The molecule has 0 radical (unpaired) electrons. The van der Waals surface area contributed by atoms with Crippen LogP contribution in [0.2, 0.25) is 0 Å². The number of nitrogens with zero attached hydrogens (tertiary/aromatic N) is 3. The number of carbonyl (C=O) groups is 3. The first-order valence-corrected chi connectivity index (χ1v) is 11.1. The van der Waals surface area contributed by atoms with E-state index in [0.717, 1.165) is 29.2 Å². The molecule has 0 saturated carbocycles. The van der Waals surface area contributed by atoms with Crippen molar-refractivity contribution in [3.05, 3.63) is 63.1 Å². The van der Waals surface area contributed by atoms with Crippen molar-refractivity contribution in [2.24, 2.45) is 0 Å². The summed E-state index contributed by atoms with van der Waals surface area (Å²) in [6, 6.07) is 5.31. The second-order valence-electron chi connectivity index (χ2n) is 8.54. The van der Waals surface area contributed by atoms with Gasteiger partial charge >= 0.3 is 6.18 Å². The first-order valence-electron chi connectivity index (χ1n) is 11.1. The van der Waals surface area contributed by atoms with Crippen LogP contribution in [0.3, 0.4) is 0 Å². The van der Waals surface area contributed by atoms with Crippen molar-refractivity contribution in [1.82, 2.24) is 19.7 Å². The van der Waals surface area contributed by atoms with Crippen LogP contribution in [-0.2, 0) is 11.0 Å². The number of nitrogens with one attached hydrogen (secondary N) is 1. The van der Waals surface area contributed by atoms with Gasteiger partial charge in [0.1, 0.15) is 5.56 Å². The summed E-state index contributed by atoms with van der Waals surface area (Å²) < 4.78 is 40.8. The first-order chi connectivity index (χ1) is 16.4. The maximum Gasteiger partial charge on any atom is 0.416 e. The molecule has 1 fully saturated rings. The Bertz CT molecular complexity index is 1200. The molecule has 0 unspecified atom stereocenters. The lowest BCUT2D eigenvalue weighted by atomic mass is 10.1. The number of alkyl halides is 3. The van der Waals surface area contributed by atoms with Crippen LogP contribution in [0.5, 0.6) is 0 Å². The van der Waals surface area contributed by atoms with E-state index in [1.165, 1.54) is 38.1 Å². The fourth-order valence-corrected chi connectivity index (χ4v) is 3.96. The molecule has 8 nitrogen and oxygen atoms in total. The van der Waals surface area contributed by atoms with E-state index < -0.39 is 29.1 Å². The molecule has 0 aliphatic carbocycles. The second-order valence-corrected chi connectivity index (χ2v) is 8.54. The van der Waals surface area contributed by atoms with E-state index in [-0.39, 0.29) is 35.0 Å². The molecular formula is C24H27F3N4O4. The molecule has 3 rings (SSSR count). The molecule has 0 spiro atoms. The van der Waals surface area contributed by atoms with E-state index in [9.17, 15) is 32.3 Å². The van der Waals surface area contributed by atoms with Crippen LogP contribution in [0.1, 0.15) is 51.2 Å². The third-order valence-corrected chi connectivity index (χ3v) is 5.82. The Labute approximate surface area is 200 Å².